The zero-order valence-corrected chi connectivity index (χ0v) is 12.2. The van der Waals surface area contributed by atoms with Gasteiger partial charge in [0.05, 0.1) is 30.3 Å². The number of hydrogen-bond donors (Lipinski definition) is 2. The Labute approximate surface area is 118 Å². The monoisotopic (exact) mass is 285 g/mol. The fraction of sp³-hybridized carbons (Fsp3) is 0.500. The molecule has 1 atom stereocenters. The van der Waals surface area contributed by atoms with Gasteiger partial charge in [-0.3, -0.25) is 4.79 Å². The maximum Gasteiger partial charge on any atom is 0.256 e. The molecule has 1 aromatic carbocycles. The fourth-order valence-electron chi connectivity index (χ4n) is 1.90. The van der Waals surface area contributed by atoms with Crippen LogP contribution >= 0.6 is 11.6 Å². The lowest BCUT2D eigenvalue weighted by Gasteiger charge is -2.19. The van der Waals surface area contributed by atoms with Crippen molar-refractivity contribution >= 4 is 17.5 Å². The minimum atomic E-state index is -0.331. The van der Waals surface area contributed by atoms with Crippen LogP contribution in [0, 0.1) is 5.92 Å². The van der Waals surface area contributed by atoms with Gasteiger partial charge in [0.25, 0.3) is 5.91 Å². The van der Waals surface area contributed by atoms with Gasteiger partial charge < -0.3 is 15.2 Å². The fourth-order valence-corrected chi connectivity index (χ4v) is 2.15. The van der Waals surface area contributed by atoms with E-state index >= 15 is 0 Å². The van der Waals surface area contributed by atoms with Crippen LogP contribution in [0.15, 0.2) is 18.2 Å². The summed E-state index contributed by atoms with van der Waals surface area (Å²) in [6, 6.07) is 4.75. The zero-order chi connectivity index (χ0) is 14.4. The van der Waals surface area contributed by atoms with Crippen LogP contribution in [0.1, 0.15) is 30.6 Å². The van der Waals surface area contributed by atoms with Crippen LogP contribution in [0.2, 0.25) is 5.02 Å². The Bertz CT molecular complexity index is 435. The van der Waals surface area contributed by atoms with Crippen LogP contribution in [-0.2, 0) is 0 Å². The van der Waals surface area contributed by atoms with E-state index in [9.17, 15) is 9.90 Å². The summed E-state index contributed by atoms with van der Waals surface area (Å²) in [6.45, 7) is 3.96. The molecule has 0 aromatic heterocycles. The molecule has 0 aliphatic heterocycles. The van der Waals surface area contributed by atoms with Crippen LogP contribution in [-0.4, -0.2) is 30.8 Å². The first-order valence-corrected chi connectivity index (χ1v) is 6.61. The molecular weight excluding hydrogens is 266 g/mol. The van der Waals surface area contributed by atoms with Gasteiger partial charge in [0.1, 0.15) is 5.75 Å². The first-order chi connectivity index (χ1) is 8.99. The third-order valence-corrected chi connectivity index (χ3v) is 3.05. The third-order valence-electron chi connectivity index (χ3n) is 2.73. The number of methoxy groups -OCH3 is 1. The van der Waals surface area contributed by atoms with Crippen molar-refractivity contribution in [3.8, 4) is 5.75 Å². The Hall–Kier alpha value is -1.26. The number of carbonyl (C=O) groups is 1. The van der Waals surface area contributed by atoms with Crippen molar-refractivity contribution in [1.29, 1.82) is 0 Å². The Kier molecular flexibility index (Phi) is 6.12. The van der Waals surface area contributed by atoms with Crippen molar-refractivity contribution in [3.05, 3.63) is 28.8 Å². The van der Waals surface area contributed by atoms with E-state index in [0.717, 1.165) is 0 Å². The molecule has 0 aliphatic carbocycles. The summed E-state index contributed by atoms with van der Waals surface area (Å²) >= 11 is 6.03. The van der Waals surface area contributed by atoms with Gasteiger partial charge in [-0.2, -0.15) is 0 Å². The number of benzene rings is 1. The van der Waals surface area contributed by atoms with E-state index in [1.54, 1.807) is 18.2 Å². The number of hydrogen-bond acceptors (Lipinski definition) is 3. The average Bonchev–Trinajstić information content (AvgIpc) is 2.36. The van der Waals surface area contributed by atoms with Crippen molar-refractivity contribution in [2.75, 3.05) is 13.7 Å². The highest BCUT2D eigenvalue weighted by atomic mass is 35.5. The molecule has 0 heterocycles. The van der Waals surface area contributed by atoms with E-state index in [-0.39, 0.29) is 18.6 Å². The van der Waals surface area contributed by atoms with E-state index in [2.05, 4.69) is 5.32 Å². The smallest absolute Gasteiger partial charge is 0.256 e. The van der Waals surface area contributed by atoms with Crippen molar-refractivity contribution in [2.45, 2.75) is 26.3 Å². The molecule has 1 rings (SSSR count). The van der Waals surface area contributed by atoms with E-state index in [1.807, 2.05) is 13.8 Å². The van der Waals surface area contributed by atoms with Crippen LogP contribution in [0.25, 0.3) is 0 Å². The Morgan fingerprint density at radius 1 is 1.47 bits per heavy atom. The topological polar surface area (TPSA) is 58.6 Å². The second kappa shape index (κ2) is 7.36. The van der Waals surface area contributed by atoms with Crippen molar-refractivity contribution in [3.63, 3.8) is 0 Å². The van der Waals surface area contributed by atoms with Crippen molar-refractivity contribution < 1.29 is 14.6 Å². The van der Waals surface area contributed by atoms with E-state index in [4.69, 9.17) is 16.3 Å². The highest BCUT2D eigenvalue weighted by Crippen LogP contribution is 2.26. The molecule has 0 bridgehead atoms. The van der Waals surface area contributed by atoms with Crippen LogP contribution in [0.3, 0.4) is 0 Å². The van der Waals surface area contributed by atoms with E-state index in [1.165, 1.54) is 7.11 Å². The van der Waals surface area contributed by atoms with Gasteiger partial charge in [0.15, 0.2) is 0 Å². The lowest BCUT2D eigenvalue weighted by molar-refractivity contribution is 0.0905. The minimum Gasteiger partial charge on any atom is -0.496 e. The summed E-state index contributed by atoms with van der Waals surface area (Å²) in [5.74, 6) is 0.471. The van der Waals surface area contributed by atoms with E-state index in [0.29, 0.717) is 28.7 Å². The third kappa shape index (κ3) is 4.40. The normalized spacial score (nSPS) is 12.3. The number of ether oxygens (including phenoxy) is 1. The van der Waals surface area contributed by atoms with Gasteiger partial charge in [-0.25, -0.2) is 0 Å². The number of halogens is 1. The number of rotatable bonds is 6. The molecule has 5 heteroatoms. The summed E-state index contributed by atoms with van der Waals surface area (Å²) < 4.78 is 5.14. The highest BCUT2D eigenvalue weighted by molar-refractivity contribution is 6.34. The molecule has 0 saturated heterocycles. The Balaban J connectivity index is 2.88. The summed E-state index contributed by atoms with van der Waals surface area (Å²) in [6.07, 6.45) is 0.703. The molecular formula is C14H20ClNO3. The van der Waals surface area contributed by atoms with Gasteiger partial charge >= 0.3 is 0 Å². The number of aliphatic hydroxyl groups excluding tert-OH is 1. The molecule has 2 N–H and O–H groups in total. The molecule has 1 unspecified atom stereocenters. The second-order valence-electron chi connectivity index (χ2n) is 4.80. The van der Waals surface area contributed by atoms with Gasteiger partial charge in [-0.05, 0) is 24.5 Å². The molecule has 0 radical (unpaired) electrons. The second-order valence-corrected chi connectivity index (χ2v) is 5.21. The van der Waals surface area contributed by atoms with Crippen molar-refractivity contribution in [2.24, 2.45) is 5.92 Å². The summed E-state index contributed by atoms with van der Waals surface area (Å²) in [4.78, 5) is 12.2. The van der Waals surface area contributed by atoms with Crippen molar-refractivity contribution in [1.82, 2.24) is 5.32 Å². The van der Waals surface area contributed by atoms with Gasteiger partial charge in [0, 0.05) is 0 Å². The lowest BCUT2D eigenvalue weighted by atomic mass is 10.0. The summed E-state index contributed by atoms with van der Waals surface area (Å²) in [5, 5.41) is 12.4. The van der Waals surface area contributed by atoms with Gasteiger partial charge in [-0.15, -0.1) is 0 Å². The zero-order valence-electron chi connectivity index (χ0n) is 11.4. The molecule has 1 amide bonds. The minimum absolute atomic E-state index is 0.101. The standard InChI is InChI=1S/C14H20ClNO3/c1-9(2)7-10(8-17)16-14(18)13-11(15)5-4-6-12(13)19-3/h4-6,9-10,17H,7-8H2,1-3H3,(H,16,18). The molecule has 0 saturated carbocycles. The SMILES string of the molecule is COc1cccc(Cl)c1C(=O)NC(CO)CC(C)C. The lowest BCUT2D eigenvalue weighted by Crippen LogP contribution is -2.38. The first kappa shape index (κ1) is 15.8. The van der Waals surface area contributed by atoms with Gasteiger partial charge in [-0.1, -0.05) is 31.5 Å². The molecule has 1 aromatic rings. The maximum absolute atomic E-state index is 12.2. The maximum atomic E-state index is 12.2. The molecule has 19 heavy (non-hydrogen) atoms. The van der Waals surface area contributed by atoms with Crippen LogP contribution in [0.5, 0.6) is 5.75 Å². The van der Waals surface area contributed by atoms with Crippen LogP contribution < -0.4 is 10.1 Å². The molecule has 0 fully saturated rings. The number of nitrogens with one attached hydrogen (secondary N) is 1. The molecule has 0 aliphatic rings. The average molecular weight is 286 g/mol. The quantitative estimate of drug-likeness (QED) is 0.844. The summed E-state index contributed by atoms with van der Waals surface area (Å²) in [7, 11) is 1.49. The number of amides is 1. The largest absolute Gasteiger partial charge is 0.496 e. The molecule has 0 spiro atoms. The Morgan fingerprint density at radius 3 is 2.68 bits per heavy atom. The molecule has 106 valence electrons. The predicted molar refractivity (Wildman–Crippen MR) is 75.8 cm³/mol. The van der Waals surface area contributed by atoms with E-state index < -0.39 is 0 Å². The number of carbonyl (C=O) groups excluding carboxylic acids is 1. The number of aliphatic hydroxyl groups is 1. The van der Waals surface area contributed by atoms with Gasteiger partial charge in [0.2, 0.25) is 0 Å². The molecule has 4 nitrogen and oxygen atoms in total. The summed E-state index contributed by atoms with van der Waals surface area (Å²) in [5.41, 5.74) is 0.300. The van der Waals surface area contributed by atoms with Crippen LogP contribution in [0.4, 0.5) is 0 Å². The Morgan fingerprint density at radius 2 is 2.16 bits per heavy atom. The predicted octanol–water partition coefficient (Wildman–Crippen LogP) is 2.49. The first-order valence-electron chi connectivity index (χ1n) is 6.23. The highest BCUT2D eigenvalue weighted by Gasteiger charge is 2.19.